The number of amides is 2. The van der Waals surface area contributed by atoms with Crippen molar-refractivity contribution < 1.29 is 9.59 Å². The van der Waals surface area contributed by atoms with E-state index < -0.39 is 0 Å². The molecule has 1 aliphatic rings. The van der Waals surface area contributed by atoms with E-state index in [1.54, 1.807) is 6.07 Å². The minimum atomic E-state index is -0.265. The summed E-state index contributed by atoms with van der Waals surface area (Å²) in [7, 11) is 0. The lowest BCUT2D eigenvalue weighted by Gasteiger charge is -2.16. The van der Waals surface area contributed by atoms with Crippen molar-refractivity contribution in [2.75, 3.05) is 11.2 Å². The number of hydrogen-bond donors (Lipinski definition) is 0. The van der Waals surface area contributed by atoms with Gasteiger partial charge < -0.3 is 0 Å². The molecule has 25 heavy (non-hydrogen) atoms. The second-order valence-corrected chi connectivity index (χ2v) is 6.59. The second-order valence-electron chi connectivity index (χ2n) is 5.74. The molecule has 0 aromatic heterocycles. The summed E-state index contributed by atoms with van der Waals surface area (Å²) in [5.74, 6) is -0.527. The number of hydrogen-bond acceptors (Lipinski definition) is 3. The van der Waals surface area contributed by atoms with Crippen molar-refractivity contribution in [3.8, 4) is 11.1 Å². The summed E-state index contributed by atoms with van der Waals surface area (Å²) >= 11 is 1.52. The molecule has 4 heteroatoms. The molecule has 1 aliphatic heterocycles. The molecule has 0 bridgehead atoms. The minimum absolute atomic E-state index is 0.263. The van der Waals surface area contributed by atoms with Gasteiger partial charge in [0, 0.05) is 4.90 Å². The standard InChI is InChI=1S/C21H15NO2S/c1-25-19-10-6-5-9-18(19)22-20(23)16-12-11-15(13-17(16)21(22)24)14-7-3-2-4-8-14/h2-13H,1H3. The molecule has 0 saturated carbocycles. The molecular formula is C21H15NO2S. The van der Waals surface area contributed by atoms with Gasteiger partial charge in [-0.2, -0.15) is 0 Å². The van der Waals surface area contributed by atoms with Gasteiger partial charge in [-0.3, -0.25) is 9.59 Å². The fourth-order valence-electron chi connectivity index (χ4n) is 3.08. The average Bonchev–Trinajstić information content (AvgIpc) is 2.92. The number of benzene rings is 3. The molecule has 4 rings (SSSR count). The number of carbonyl (C=O) groups is 2. The predicted molar refractivity (Wildman–Crippen MR) is 101 cm³/mol. The first kappa shape index (κ1) is 15.7. The first-order chi connectivity index (χ1) is 12.2. The number of fused-ring (bicyclic) bond motifs is 1. The van der Waals surface area contributed by atoms with Crippen LogP contribution >= 0.6 is 11.8 Å². The highest BCUT2D eigenvalue weighted by atomic mass is 32.2. The number of thioether (sulfide) groups is 1. The number of para-hydroxylation sites is 1. The van der Waals surface area contributed by atoms with E-state index in [0.717, 1.165) is 16.0 Å². The molecule has 0 fully saturated rings. The quantitative estimate of drug-likeness (QED) is 0.502. The highest BCUT2D eigenvalue weighted by Crippen LogP contribution is 2.35. The van der Waals surface area contributed by atoms with Crippen LogP contribution in [0.2, 0.25) is 0 Å². The van der Waals surface area contributed by atoms with Crippen LogP contribution in [0.25, 0.3) is 11.1 Å². The Bertz CT molecular complexity index is 982. The van der Waals surface area contributed by atoms with Crippen LogP contribution in [0.4, 0.5) is 5.69 Å². The molecule has 3 nitrogen and oxygen atoms in total. The van der Waals surface area contributed by atoms with Gasteiger partial charge in [-0.25, -0.2) is 4.90 Å². The van der Waals surface area contributed by atoms with Gasteiger partial charge in [0.2, 0.25) is 0 Å². The molecule has 0 radical (unpaired) electrons. The van der Waals surface area contributed by atoms with Crippen LogP contribution in [-0.4, -0.2) is 18.1 Å². The van der Waals surface area contributed by atoms with Crippen molar-refractivity contribution in [3.63, 3.8) is 0 Å². The first-order valence-corrected chi connectivity index (χ1v) is 9.14. The van der Waals surface area contributed by atoms with E-state index in [9.17, 15) is 9.59 Å². The van der Waals surface area contributed by atoms with E-state index in [1.165, 1.54) is 16.7 Å². The summed E-state index contributed by atoms with van der Waals surface area (Å²) in [6.45, 7) is 0. The van der Waals surface area contributed by atoms with Crippen molar-refractivity contribution in [2.24, 2.45) is 0 Å². The van der Waals surface area contributed by atoms with E-state index >= 15 is 0 Å². The Morgan fingerprint density at radius 2 is 1.40 bits per heavy atom. The zero-order valence-corrected chi connectivity index (χ0v) is 14.4. The van der Waals surface area contributed by atoms with Crippen molar-refractivity contribution in [1.29, 1.82) is 0 Å². The predicted octanol–water partition coefficient (Wildman–Crippen LogP) is 4.88. The summed E-state index contributed by atoms with van der Waals surface area (Å²) in [5, 5.41) is 0. The molecule has 3 aromatic carbocycles. The summed E-state index contributed by atoms with van der Waals surface area (Å²) in [6, 6.07) is 22.8. The van der Waals surface area contributed by atoms with E-state index in [0.29, 0.717) is 16.8 Å². The molecule has 122 valence electrons. The topological polar surface area (TPSA) is 37.4 Å². The fourth-order valence-corrected chi connectivity index (χ4v) is 3.67. The van der Waals surface area contributed by atoms with Gasteiger partial charge in [-0.1, -0.05) is 48.5 Å². The van der Waals surface area contributed by atoms with E-state index in [-0.39, 0.29) is 11.8 Å². The van der Waals surface area contributed by atoms with Crippen LogP contribution < -0.4 is 4.90 Å². The lowest BCUT2D eigenvalue weighted by Crippen LogP contribution is -2.29. The van der Waals surface area contributed by atoms with Crippen molar-refractivity contribution in [2.45, 2.75) is 4.90 Å². The molecule has 0 spiro atoms. The number of rotatable bonds is 3. The third-order valence-electron chi connectivity index (χ3n) is 4.32. The largest absolute Gasteiger partial charge is 0.268 e. The normalized spacial score (nSPS) is 13.2. The van der Waals surface area contributed by atoms with Crippen LogP contribution in [0.3, 0.4) is 0 Å². The van der Waals surface area contributed by atoms with Gasteiger partial charge >= 0.3 is 0 Å². The molecule has 0 aliphatic carbocycles. The first-order valence-electron chi connectivity index (χ1n) is 7.92. The van der Waals surface area contributed by atoms with Crippen molar-refractivity contribution in [1.82, 2.24) is 0 Å². The Kier molecular flexibility index (Phi) is 3.90. The SMILES string of the molecule is CSc1ccccc1N1C(=O)c2ccc(-c3ccccc3)cc2C1=O. The maximum absolute atomic E-state index is 13.0. The molecule has 3 aromatic rings. The van der Waals surface area contributed by atoms with Gasteiger partial charge in [-0.05, 0) is 41.6 Å². The molecule has 0 N–H and O–H groups in total. The number of imide groups is 1. The van der Waals surface area contributed by atoms with Crippen molar-refractivity contribution >= 4 is 29.3 Å². The molecule has 0 unspecified atom stereocenters. The number of nitrogens with zero attached hydrogens (tertiary/aromatic N) is 1. The van der Waals surface area contributed by atoms with E-state index in [1.807, 2.05) is 73.0 Å². The smallest absolute Gasteiger partial charge is 0.266 e. The zero-order chi connectivity index (χ0) is 17.4. The Balaban J connectivity index is 1.80. The lowest BCUT2D eigenvalue weighted by molar-refractivity contribution is 0.0925. The Morgan fingerprint density at radius 1 is 0.720 bits per heavy atom. The van der Waals surface area contributed by atoms with E-state index in [2.05, 4.69) is 0 Å². The summed E-state index contributed by atoms with van der Waals surface area (Å²) in [6.07, 6.45) is 1.94. The third-order valence-corrected chi connectivity index (χ3v) is 5.10. The van der Waals surface area contributed by atoms with E-state index in [4.69, 9.17) is 0 Å². The maximum Gasteiger partial charge on any atom is 0.266 e. The molecular weight excluding hydrogens is 330 g/mol. The maximum atomic E-state index is 13.0. The van der Waals surface area contributed by atoms with Gasteiger partial charge in [0.1, 0.15) is 0 Å². The highest BCUT2D eigenvalue weighted by Gasteiger charge is 2.37. The Morgan fingerprint density at radius 3 is 2.16 bits per heavy atom. The fraction of sp³-hybridized carbons (Fsp3) is 0.0476. The molecule has 0 saturated heterocycles. The van der Waals surface area contributed by atoms with Gasteiger partial charge in [-0.15, -0.1) is 11.8 Å². The van der Waals surface area contributed by atoms with Crippen LogP contribution in [0.1, 0.15) is 20.7 Å². The Labute approximate surface area is 150 Å². The molecule has 0 atom stereocenters. The van der Waals surface area contributed by atoms with Crippen LogP contribution in [0.15, 0.2) is 77.7 Å². The zero-order valence-electron chi connectivity index (χ0n) is 13.6. The van der Waals surface area contributed by atoms with Gasteiger partial charge in [0.15, 0.2) is 0 Å². The number of anilines is 1. The highest BCUT2D eigenvalue weighted by molar-refractivity contribution is 7.98. The Hall–Kier alpha value is -2.85. The lowest BCUT2D eigenvalue weighted by atomic mass is 10.0. The van der Waals surface area contributed by atoms with Gasteiger partial charge in [0.25, 0.3) is 11.8 Å². The second kappa shape index (κ2) is 6.22. The monoisotopic (exact) mass is 345 g/mol. The minimum Gasteiger partial charge on any atom is -0.268 e. The summed E-state index contributed by atoms with van der Waals surface area (Å²) in [4.78, 5) is 28.0. The van der Waals surface area contributed by atoms with Crippen LogP contribution in [-0.2, 0) is 0 Å². The average molecular weight is 345 g/mol. The van der Waals surface area contributed by atoms with Crippen LogP contribution in [0.5, 0.6) is 0 Å². The summed E-state index contributed by atoms with van der Waals surface area (Å²) in [5.41, 5.74) is 3.51. The number of carbonyl (C=O) groups excluding carboxylic acids is 2. The van der Waals surface area contributed by atoms with Crippen molar-refractivity contribution in [3.05, 3.63) is 83.9 Å². The molecule has 1 heterocycles. The summed E-state index contributed by atoms with van der Waals surface area (Å²) < 4.78 is 0. The van der Waals surface area contributed by atoms with Gasteiger partial charge in [0.05, 0.1) is 16.8 Å². The molecule has 2 amide bonds. The third kappa shape index (κ3) is 2.55. The van der Waals surface area contributed by atoms with Crippen LogP contribution in [0, 0.1) is 0 Å².